The van der Waals surface area contributed by atoms with E-state index >= 15 is 0 Å². The van der Waals surface area contributed by atoms with Crippen LogP contribution in [0.15, 0.2) is 11.5 Å². The molecule has 1 heterocycles. The van der Waals surface area contributed by atoms with Crippen LogP contribution in [0.25, 0.3) is 0 Å². The Morgan fingerprint density at radius 1 is 1.75 bits per heavy atom. The van der Waals surface area contributed by atoms with E-state index in [9.17, 15) is 0 Å². The van der Waals surface area contributed by atoms with Crippen LogP contribution in [0.2, 0.25) is 0 Å². The second kappa shape index (κ2) is 3.06. The summed E-state index contributed by atoms with van der Waals surface area (Å²) in [6.45, 7) is 0. The molecule has 1 rings (SSSR count). The van der Waals surface area contributed by atoms with Crippen LogP contribution >= 0.6 is 21.6 Å². The number of hydrogen-bond donors (Lipinski definition) is 0. The molecular weight excluding hydrogens is 138 g/mol. The summed E-state index contributed by atoms with van der Waals surface area (Å²) in [5.41, 5.74) is 0. The molecule has 1 atom stereocenters. The van der Waals surface area contributed by atoms with E-state index in [2.05, 4.69) is 12.1 Å². The van der Waals surface area contributed by atoms with Crippen molar-refractivity contribution in [3.63, 3.8) is 0 Å². The van der Waals surface area contributed by atoms with E-state index in [1.165, 1.54) is 0 Å². The summed E-state index contributed by atoms with van der Waals surface area (Å²) in [6, 6.07) is 2.12. The van der Waals surface area contributed by atoms with E-state index in [4.69, 9.17) is 5.26 Å². The summed E-state index contributed by atoms with van der Waals surface area (Å²) in [5.74, 6) is 0. The molecule has 0 aromatic rings. The SMILES string of the molecule is N#CCC1C=CSS1. The minimum atomic E-state index is 0.449. The summed E-state index contributed by atoms with van der Waals surface area (Å²) in [5, 5.41) is 10.7. The summed E-state index contributed by atoms with van der Waals surface area (Å²) in [7, 11) is 3.46. The van der Waals surface area contributed by atoms with Crippen LogP contribution in [-0.2, 0) is 0 Å². The van der Waals surface area contributed by atoms with Crippen molar-refractivity contribution in [2.24, 2.45) is 0 Å². The molecule has 8 heavy (non-hydrogen) atoms. The molecular formula is C5H5NS2. The molecule has 0 aromatic carbocycles. The Hall–Kier alpha value is -0.0700. The molecule has 0 aliphatic carbocycles. The first kappa shape index (κ1) is 6.06. The lowest BCUT2D eigenvalue weighted by molar-refractivity contribution is 1.09. The van der Waals surface area contributed by atoms with Gasteiger partial charge in [0.2, 0.25) is 0 Å². The zero-order chi connectivity index (χ0) is 5.82. The number of nitrogens with zero attached hydrogens (tertiary/aromatic N) is 1. The normalized spacial score (nSPS) is 25.6. The second-order valence-corrected chi connectivity index (χ2v) is 3.84. The van der Waals surface area contributed by atoms with Crippen molar-refractivity contribution in [2.45, 2.75) is 11.7 Å². The van der Waals surface area contributed by atoms with Crippen molar-refractivity contribution in [2.75, 3.05) is 0 Å². The second-order valence-electron chi connectivity index (χ2n) is 1.42. The summed E-state index contributed by atoms with van der Waals surface area (Å²) < 4.78 is 0. The summed E-state index contributed by atoms with van der Waals surface area (Å²) in [6.07, 6.45) is 2.72. The van der Waals surface area contributed by atoms with Crippen LogP contribution < -0.4 is 0 Å². The fraction of sp³-hybridized carbons (Fsp3) is 0.400. The van der Waals surface area contributed by atoms with Crippen LogP contribution in [0.3, 0.4) is 0 Å². The van der Waals surface area contributed by atoms with Gasteiger partial charge in [-0.15, -0.1) is 0 Å². The molecule has 0 fully saturated rings. The average molecular weight is 143 g/mol. The van der Waals surface area contributed by atoms with E-state index < -0.39 is 0 Å². The lowest BCUT2D eigenvalue weighted by Gasteiger charge is -1.94. The molecule has 42 valence electrons. The van der Waals surface area contributed by atoms with Gasteiger partial charge in [-0.1, -0.05) is 27.7 Å². The van der Waals surface area contributed by atoms with Crippen molar-refractivity contribution < 1.29 is 0 Å². The lowest BCUT2D eigenvalue weighted by atomic mass is 10.3. The first-order valence-corrected chi connectivity index (χ1v) is 4.57. The molecule has 0 spiro atoms. The third-order valence-corrected chi connectivity index (χ3v) is 3.18. The monoisotopic (exact) mass is 143 g/mol. The van der Waals surface area contributed by atoms with Gasteiger partial charge in [-0.25, -0.2) is 0 Å². The topological polar surface area (TPSA) is 23.8 Å². The van der Waals surface area contributed by atoms with Gasteiger partial charge in [0.05, 0.1) is 12.5 Å². The Balaban J connectivity index is 2.28. The van der Waals surface area contributed by atoms with Gasteiger partial charge in [0.25, 0.3) is 0 Å². The molecule has 1 nitrogen and oxygen atoms in total. The lowest BCUT2D eigenvalue weighted by Crippen LogP contribution is -1.88. The van der Waals surface area contributed by atoms with Gasteiger partial charge in [0.1, 0.15) is 0 Å². The van der Waals surface area contributed by atoms with Crippen molar-refractivity contribution in [1.29, 1.82) is 5.26 Å². The van der Waals surface area contributed by atoms with E-state index in [1.807, 2.05) is 5.41 Å². The Morgan fingerprint density at radius 3 is 3.12 bits per heavy atom. The fourth-order valence-electron chi connectivity index (χ4n) is 0.447. The Kier molecular flexibility index (Phi) is 2.31. The predicted molar refractivity (Wildman–Crippen MR) is 38.3 cm³/mol. The van der Waals surface area contributed by atoms with E-state index in [0.29, 0.717) is 11.7 Å². The van der Waals surface area contributed by atoms with Gasteiger partial charge in [-0.05, 0) is 5.41 Å². The van der Waals surface area contributed by atoms with Gasteiger partial charge in [0, 0.05) is 5.25 Å². The molecule has 0 amide bonds. The molecule has 0 N–H and O–H groups in total. The Morgan fingerprint density at radius 2 is 2.62 bits per heavy atom. The smallest absolute Gasteiger partial charge is 0.0637 e. The highest BCUT2D eigenvalue weighted by Gasteiger charge is 2.08. The highest BCUT2D eigenvalue weighted by atomic mass is 33.1. The standard InChI is InChI=1S/C5H5NS2/c6-3-1-5-2-4-7-8-5/h2,4-5H,1H2. The highest BCUT2D eigenvalue weighted by molar-refractivity contribution is 8.78. The van der Waals surface area contributed by atoms with E-state index in [1.54, 1.807) is 21.6 Å². The predicted octanol–water partition coefficient (Wildman–Crippen LogP) is 2.18. The maximum atomic E-state index is 8.22. The van der Waals surface area contributed by atoms with Crippen molar-refractivity contribution in [3.05, 3.63) is 11.5 Å². The highest BCUT2D eigenvalue weighted by Crippen LogP contribution is 2.36. The van der Waals surface area contributed by atoms with Crippen LogP contribution in [0.4, 0.5) is 0 Å². The van der Waals surface area contributed by atoms with Crippen molar-refractivity contribution >= 4 is 21.6 Å². The summed E-state index contributed by atoms with van der Waals surface area (Å²) in [4.78, 5) is 0. The van der Waals surface area contributed by atoms with Gasteiger partial charge < -0.3 is 0 Å². The molecule has 0 bridgehead atoms. The minimum Gasteiger partial charge on any atom is -0.198 e. The average Bonchev–Trinajstić information content (AvgIpc) is 2.19. The van der Waals surface area contributed by atoms with Crippen LogP contribution in [0.1, 0.15) is 6.42 Å². The zero-order valence-corrected chi connectivity index (χ0v) is 5.84. The van der Waals surface area contributed by atoms with Gasteiger partial charge in [-0.2, -0.15) is 5.26 Å². The van der Waals surface area contributed by atoms with Crippen molar-refractivity contribution in [1.82, 2.24) is 0 Å². The van der Waals surface area contributed by atoms with Crippen LogP contribution in [-0.4, -0.2) is 5.25 Å². The molecule has 1 aliphatic rings. The molecule has 0 saturated heterocycles. The number of nitriles is 1. The van der Waals surface area contributed by atoms with Crippen LogP contribution in [0, 0.1) is 11.3 Å². The molecule has 1 unspecified atom stereocenters. The zero-order valence-electron chi connectivity index (χ0n) is 4.20. The first-order valence-electron chi connectivity index (χ1n) is 2.29. The maximum absolute atomic E-state index is 8.22. The van der Waals surface area contributed by atoms with Gasteiger partial charge in [-0.3, -0.25) is 0 Å². The van der Waals surface area contributed by atoms with Gasteiger partial charge >= 0.3 is 0 Å². The molecule has 1 aliphatic heterocycles. The largest absolute Gasteiger partial charge is 0.198 e. The Labute approximate surface area is 56.5 Å². The number of hydrogen-bond acceptors (Lipinski definition) is 3. The Bertz CT molecular complexity index is 136. The maximum Gasteiger partial charge on any atom is 0.0637 e. The van der Waals surface area contributed by atoms with Gasteiger partial charge in [0.15, 0.2) is 0 Å². The summed E-state index contributed by atoms with van der Waals surface area (Å²) >= 11 is 0. The molecule has 0 aromatic heterocycles. The van der Waals surface area contributed by atoms with Crippen molar-refractivity contribution in [3.8, 4) is 6.07 Å². The first-order chi connectivity index (χ1) is 3.93. The molecule has 0 saturated carbocycles. The molecule has 0 radical (unpaired) electrons. The van der Waals surface area contributed by atoms with E-state index in [0.717, 1.165) is 0 Å². The quantitative estimate of drug-likeness (QED) is 0.526. The van der Waals surface area contributed by atoms with E-state index in [-0.39, 0.29) is 0 Å². The third kappa shape index (κ3) is 1.46. The fourth-order valence-corrected chi connectivity index (χ4v) is 2.50. The van der Waals surface area contributed by atoms with Crippen LogP contribution in [0.5, 0.6) is 0 Å². The molecule has 3 heteroatoms. The minimum absolute atomic E-state index is 0.449. The third-order valence-electron chi connectivity index (χ3n) is 0.820. The number of rotatable bonds is 1.